The maximum absolute atomic E-state index is 12.7. The molecule has 3 aromatic rings. The number of rotatable bonds is 10. The summed E-state index contributed by atoms with van der Waals surface area (Å²) in [5.74, 6) is 1.31. The van der Waals surface area contributed by atoms with Crippen LogP contribution in [0.1, 0.15) is 37.4 Å². The van der Waals surface area contributed by atoms with Crippen LogP contribution in [-0.4, -0.2) is 29.5 Å². The summed E-state index contributed by atoms with van der Waals surface area (Å²) in [7, 11) is 1.59. The van der Waals surface area contributed by atoms with Crippen LogP contribution >= 0.6 is 0 Å². The first kappa shape index (κ1) is 22.4. The third-order valence-corrected chi connectivity index (χ3v) is 4.94. The molecule has 7 heteroatoms. The van der Waals surface area contributed by atoms with Gasteiger partial charge in [-0.05, 0) is 62.1 Å². The number of hydrogen-bond acceptors (Lipinski definition) is 4. The van der Waals surface area contributed by atoms with E-state index in [1.165, 1.54) is 5.56 Å². The molecule has 164 valence electrons. The van der Waals surface area contributed by atoms with Gasteiger partial charge in [-0.1, -0.05) is 31.5 Å². The zero-order valence-electron chi connectivity index (χ0n) is 18.2. The van der Waals surface area contributed by atoms with Crippen molar-refractivity contribution in [2.75, 3.05) is 24.3 Å². The first-order chi connectivity index (χ1) is 15.1. The molecule has 0 fully saturated rings. The number of amides is 2. The van der Waals surface area contributed by atoms with Crippen LogP contribution in [0.25, 0.3) is 5.69 Å². The lowest BCUT2D eigenvalue weighted by molar-refractivity contribution is 0.262. The highest BCUT2D eigenvalue weighted by molar-refractivity contribution is 5.99. The average molecular weight is 422 g/mol. The monoisotopic (exact) mass is 421 g/mol. The number of unbranched alkanes of at least 4 members (excludes halogenated alkanes) is 1. The summed E-state index contributed by atoms with van der Waals surface area (Å²) >= 11 is 0. The maximum atomic E-state index is 12.7. The number of nitrogens with two attached hydrogens (primary N) is 1. The number of aryl methyl sites for hydroxylation is 2. The molecule has 0 unspecified atom stereocenters. The van der Waals surface area contributed by atoms with E-state index in [2.05, 4.69) is 29.7 Å². The van der Waals surface area contributed by atoms with Crippen LogP contribution < -0.4 is 21.1 Å². The van der Waals surface area contributed by atoms with Gasteiger partial charge in [0.15, 0.2) is 0 Å². The number of nitrogens with one attached hydrogen (secondary N) is 2. The summed E-state index contributed by atoms with van der Waals surface area (Å²) in [5, 5.41) is 10.6. The minimum atomic E-state index is -0.337. The first-order valence-corrected chi connectivity index (χ1v) is 10.7. The van der Waals surface area contributed by atoms with Gasteiger partial charge in [-0.25, -0.2) is 9.48 Å². The van der Waals surface area contributed by atoms with E-state index in [1.807, 2.05) is 36.4 Å². The van der Waals surface area contributed by atoms with E-state index < -0.39 is 0 Å². The molecule has 0 aliphatic carbocycles. The van der Waals surface area contributed by atoms with Crippen LogP contribution in [0.4, 0.5) is 16.3 Å². The van der Waals surface area contributed by atoms with Crippen LogP contribution in [-0.2, 0) is 12.8 Å². The first-order valence-electron chi connectivity index (χ1n) is 10.7. The maximum Gasteiger partial charge on any atom is 0.324 e. The Bertz CT molecular complexity index is 999. The van der Waals surface area contributed by atoms with Gasteiger partial charge < -0.3 is 15.8 Å². The van der Waals surface area contributed by atoms with Crippen LogP contribution in [0.2, 0.25) is 0 Å². The van der Waals surface area contributed by atoms with Gasteiger partial charge in [-0.3, -0.25) is 5.32 Å². The normalized spacial score (nSPS) is 10.7. The van der Waals surface area contributed by atoms with E-state index in [9.17, 15) is 4.79 Å². The zero-order valence-corrected chi connectivity index (χ0v) is 18.2. The van der Waals surface area contributed by atoms with Crippen molar-refractivity contribution in [1.29, 1.82) is 0 Å². The van der Waals surface area contributed by atoms with Gasteiger partial charge in [0.1, 0.15) is 11.6 Å². The summed E-state index contributed by atoms with van der Waals surface area (Å²) in [6, 6.07) is 17.0. The second kappa shape index (κ2) is 11.2. The summed E-state index contributed by atoms with van der Waals surface area (Å²) < 4.78 is 7.01. The topological polar surface area (TPSA) is 94.2 Å². The molecule has 0 radical (unpaired) electrons. The molecule has 0 saturated carbocycles. The quantitative estimate of drug-likeness (QED) is 0.440. The van der Waals surface area contributed by atoms with Crippen molar-refractivity contribution in [1.82, 2.24) is 9.78 Å². The minimum absolute atomic E-state index is 0.337. The lowest BCUT2D eigenvalue weighted by Crippen LogP contribution is -2.21. The van der Waals surface area contributed by atoms with Crippen LogP contribution in [0.15, 0.2) is 54.6 Å². The number of ether oxygens (including phenoxy) is 1. The molecule has 31 heavy (non-hydrogen) atoms. The number of carbonyl (C=O) groups excluding carboxylic acids is 1. The minimum Gasteiger partial charge on any atom is -0.497 e. The van der Waals surface area contributed by atoms with Crippen molar-refractivity contribution in [3.05, 3.63) is 65.9 Å². The number of anilines is 2. The van der Waals surface area contributed by atoms with Crippen molar-refractivity contribution < 1.29 is 9.53 Å². The smallest absolute Gasteiger partial charge is 0.324 e. The molecule has 7 nitrogen and oxygen atoms in total. The highest BCUT2D eigenvalue weighted by Gasteiger charge is 2.13. The summed E-state index contributed by atoms with van der Waals surface area (Å²) in [6.45, 7) is 2.81. The number of nitrogens with zero attached hydrogens (tertiary/aromatic N) is 2. The SMILES string of the molecule is CCCCc1cc(NC(=O)Nc2cccc(OC)c2)n(-c2cccc(CCCN)c2)n1. The van der Waals surface area contributed by atoms with Gasteiger partial charge in [0.2, 0.25) is 0 Å². The highest BCUT2D eigenvalue weighted by Crippen LogP contribution is 2.21. The molecule has 2 aromatic carbocycles. The molecule has 4 N–H and O–H groups in total. The Morgan fingerprint density at radius 1 is 1.06 bits per heavy atom. The highest BCUT2D eigenvalue weighted by atomic mass is 16.5. The standard InChI is InChI=1S/C24H31N5O2/c1-3-4-10-20-17-23(27-24(30)26-19-11-6-13-22(16-19)31-2)29(28-20)21-12-5-8-18(15-21)9-7-14-25/h5-6,8,11-13,15-17H,3-4,7,9-10,14,25H2,1-2H3,(H2,26,27,30). The second-order valence-electron chi connectivity index (χ2n) is 7.41. The van der Waals surface area contributed by atoms with Crippen molar-refractivity contribution in [2.24, 2.45) is 5.73 Å². The van der Waals surface area contributed by atoms with E-state index in [0.29, 0.717) is 23.8 Å². The average Bonchev–Trinajstić information content (AvgIpc) is 3.18. The summed E-state index contributed by atoms with van der Waals surface area (Å²) in [6.07, 6.45) is 4.83. The van der Waals surface area contributed by atoms with Gasteiger partial charge in [-0.15, -0.1) is 0 Å². The predicted molar refractivity (Wildman–Crippen MR) is 125 cm³/mol. The van der Waals surface area contributed by atoms with Crippen LogP contribution in [0.3, 0.4) is 0 Å². The van der Waals surface area contributed by atoms with Gasteiger partial charge in [0.05, 0.1) is 18.5 Å². The fourth-order valence-electron chi connectivity index (χ4n) is 3.33. The second-order valence-corrected chi connectivity index (χ2v) is 7.41. The number of hydrogen-bond donors (Lipinski definition) is 3. The number of urea groups is 1. The van der Waals surface area contributed by atoms with Gasteiger partial charge in [0.25, 0.3) is 0 Å². The van der Waals surface area contributed by atoms with Gasteiger partial charge in [0, 0.05) is 17.8 Å². The molecule has 0 aliphatic heterocycles. The van der Waals surface area contributed by atoms with E-state index in [1.54, 1.807) is 17.9 Å². The van der Waals surface area contributed by atoms with Crippen molar-refractivity contribution in [3.63, 3.8) is 0 Å². The lowest BCUT2D eigenvalue weighted by Gasteiger charge is -2.11. The third kappa shape index (κ3) is 6.33. The molecule has 2 amide bonds. The molecule has 0 aliphatic rings. The Balaban J connectivity index is 1.83. The molecule has 0 saturated heterocycles. The van der Waals surface area contributed by atoms with Crippen molar-refractivity contribution >= 4 is 17.5 Å². The zero-order chi connectivity index (χ0) is 22.1. The molecule has 1 heterocycles. The summed E-state index contributed by atoms with van der Waals surface area (Å²) in [4.78, 5) is 12.7. The van der Waals surface area contributed by atoms with E-state index in [4.69, 9.17) is 15.6 Å². The molecule has 3 rings (SSSR count). The van der Waals surface area contributed by atoms with Crippen LogP contribution in [0.5, 0.6) is 5.75 Å². The molecule has 0 spiro atoms. The third-order valence-electron chi connectivity index (χ3n) is 4.94. The fraction of sp³-hybridized carbons (Fsp3) is 0.333. The number of methoxy groups -OCH3 is 1. The molecule has 0 bridgehead atoms. The Morgan fingerprint density at radius 2 is 1.90 bits per heavy atom. The lowest BCUT2D eigenvalue weighted by atomic mass is 10.1. The molecular formula is C24H31N5O2. The summed E-state index contributed by atoms with van der Waals surface area (Å²) in [5.41, 5.74) is 9.36. The van der Waals surface area contributed by atoms with Crippen molar-refractivity contribution in [2.45, 2.75) is 39.0 Å². The fourth-order valence-corrected chi connectivity index (χ4v) is 3.33. The Kier molecular flexibility index (Phi) is 8.06. The van der Waals surface area contributed by atoms with E-state index >= 15 is 0 Å². The van der Waals surface area contributed by atoms with Gasteiger partial charge in [-0.2, -0.15) is 5.10 Å². The predicted octanol–water partition coefficient (Wildman–Crippen LogP) is 4.76. The van der Waals surface area contributed by atoms with Crippen LogP contribution in [0, 0.1) is 0 Å². The Morgan fingerprint density at radius 3 is 2.68 bits per heavy atom. The van der Waals surface area contributed by atoms with E-state index in [-0.39, 0.29) is 6.03 Å². The largest absolute Gasteiger partial charge is 0.497 e. The number of carbonyl (C=O) groups is 1. The van der Waals surface area contributed by atoms with Gasteiger partial charge >= 0.3 is 6.03 Å². The molecule has 1 aromatic heterocycles. The number of aromatic nitrogens is 2. The van der Waals surface area contributed by atoms with Crippen molar-refractivity contribution in [3.8, 4) is 11.4 Å². The Labute approximate surface area is 183 Å². The molecular weight excluding hydrogens is 390 g/mol. The number of benzene rings is 2. The van der Waals surface area contributed by atoms with E-state index in [0.717, 1.165) is 43.5 Å². The molecule has 0 atom stereocenters. The Hall–Kier alpha value is -3.32.